The Kier molecular flexibility index (Phi) is 4.99. The van der Waals surface area contributed by atoms with E-state index < -0.39 is 75.5 Å². The fourth-order valence-corrected chi connectivity index (χ4v) is 5.54. The first kappa shape index (κ1) is 23.0. The summed E-state index contributed by atoms with van der Waals surface area (Å²) in [6.45, 7) is 3.89. The van der Waals surface area contributed by atoms with Gasteiger partial charge in [-0.3, -0.25) is 19.3 Å². The molecule has 3 aliphatic carbocycles. The van der Waals surface area contributed by atoms with Gasteiger partial charge in [-0.05, 0) is 31.8 Å². The number of aliphatic hydroxyl groups is 4. The van der Waals surface area contributed by atoms with Crippen molar-refractivity contribution < 1.29 is 39.9 Å². The van der Waals surface area contributed by atoms with Gasteiger partial charge in [-0.1, -0.05) is 18.2 Å². The molecule has 5 atom stereocenters. The second-order valence-corrected chi connectivity index (χ2v) is 8.96. The molecule has 4 rings (SSSR count). The third-order valence-electron chi connectivity index (χ3n) is 6.67. The number of ketones is 2. The number of primary amides is 1. The van der Waals surface area contributed by atoms with Crippen LogP contribution in [-0.2, 0) is 14.4 Å². The molecule has 10 nitrogen and oxygen atoms in total. The van der Waals surface area contributed by atoms with Crippen molar-refractivity contribution in [3.8, 4) is 5.75 Å². The molecular weight excluding hydrogens is 456 g/mol. The van der Waals surface area contributed by atoms with E-state index in [0.717, 1.165) is 0 Å². The van der Waals surface area contributed by atoms with Gasteiger partial charge in [0, 0.05) is 16.5 Å². The van der Waals surface area contributed by atoms with Gasteiger partial charge in [0.25, 0.3) is 5.91 Å². The van der Waals surface area contributed by atoms with E-state index in [9.17, 15) is 39.9 Å². The van der Waals surface area contributed by atoms with Crippen LogP contribution in [0.3, 0.4) is 0 Å². The van der Waals surface area contributed by atoms with Gasteiger partial charge < -0.3 is 31.3 Å². The molecule has 7 N–H and O–H groups in total. The number of aliphatic hydroxyl groups excluding tert-OH is 3. The third kappa shape index (κ3) is 2.69. The predicted molar refractivity (Wildman–Crippen MR) is 116 cm³/mol. The highest BCUT2D eigenvalue weighted by molar-refractivity contribution is 6.33. The smallest absolute Gasteiger partial charge is 0.255 e. The second-order valence-electron chi connectivity index (χ2n) is 8.55. The van der Waals surface area contributed by atoms with Gasteiger partial charge in [-0.2, -0.15) is 0 Å². The highest BCUT2D eigenvalue weighted by atomic mass is 35.5. The molecule has 11 heteroatoms. The zero-order valence-corrected chi connectivity index (χ0v) is 18.3. The average molecular weight is 477 g/mol. The first-order valence-electron chi connectivity index (χ1n) is 9.81. The van der Waals surface area contributed by atoms with Gasteiger partial charge in [-0.15, -0.1) is 0 Å². The van der Waals surface area contributed by atoms with E-state index in [-0.39, 0.29) is 21.7 Å². The number of amides is 1. The molecule has 1 amide bonds. The Morgan fingerprint density at radius 1 is 1.18 bits per heavy atom. The maximum Gasteiger partial charge on any atom is 0.255 e. The molecule has 174 valence electrons. The summed E-state index contributed by atoms with van der Waals surface area (Å²) in [5.41, 5.74) is 0.634. The minimum atomic E-state index is -2.97. The van der Waals surface area contributed by atoms with Crippen molar-refractivity contribution >= 4 is 40.4 Å². The molecule has 0 radical (unpaired) electrons. The topological polar surface area (TPSA) is 182 Å². The lowest BCUT2D eigenvalue weighted by Gasteiger charge is -2.52. The van der Waals surface area contributed by atoms with Crippen LogP contribution >= 0.6 is 11.6 Å². The Morgan fingerprint density at radius 2 is 1.79 bits per heavy atom. The van der Waals surface area contributed by atoms with E-state index in [0.29, 0.717) is 0 Å². The molecule has 0 unspecified atom stereocenters. The van der Waals surface area contributed by atoms with Crippen LogP contribution in [0.4, 0.5) is 0 Å². The predicted octanol–water partition coefficient (Wildman–Crippen LogP) is 0.0589. The van der Waals surface area contributed by atoms with E-state index in [1.165, 1.54) is 31.1 Å². The van der Waals surface area contributed by atoms with Crippen molar-refractivity contribution in [3.05, 3.63) is 51.8 Å². The molecule has 0 aliphatic heterocycles. The number of fused-ring (bicyclic) bond motifs is 3. The van der Waals surface area contributed by atoms with Crippen molar-refractivity contribution in [2.45, 2.75) is 17.7 Å². The van der Waals surface area contributed by atoms with E-state index in [1.807, 2.05) is 0 Å². The second kappa shape index (κ2) is 7.16. The van der Waals surface area contributed by atoms with Gasteiger partial charge >= 0.3 is 0 Å². The Bertz CT molecular complexity index is 1230. The van der Waals surface area contributed by atoms with E-state index >= 15 is 0 Å². The number of carbonyl (C=O) groups excluding carboxylic acids is 3. The summed E-state index contributed by atoms with van der Waals surface area (Å²) < 4.78 is 0. The summed E-state index contributed by atoms with van der Waals surface area (Å²) in [4.78, 5) is 39.9. The minimum absolute atomic E-state index is 0.0516. The number of Topliss-reactive ketones (excluding diaryl/α,β-unsaturated/α-hetero) is 2. The first-order valence-corrected chi connectivity index (χ1v) is 10.2. The standard InChI is InChI=1S/C22H21ClN2O8/c1-6-9-7(23)4-5-8(26)11(9)16(27)12-10(6)17(28)14-15(25(2)3)18(29)13(21(24)32)20(31)22(14,33)19(12)30/h4-5,10,14-15,17,26-28,31,33H,1H2,2-3H3,(H2,24,32)/t10-,14-,15+,17-,22-/m0/s1. The summed E-state index contributed by atoms with van der Waals surface area (Å²) in [5, 5.41) is 55.0. The number of nitrogens with two attached hydrogens (primary N) is 1. The van der Waals surface area contributed by atoms with Crippen molar-refractivity contribution in [1.82, 2.24) is 4.90 Å². The van der Waals surface area contributed by atoms with Gasteiger partial charge in [0.2, 0.25) is 5.78 Å². The summed E-state index contributed by atoms with van der Waals surface area (Å²) in [6, 6.07) is 1.08. The molecule has 1 aromatic rings. The van der Waals surface area contributed by atoms with Crippen LogP contribution in [0, 0.1) is 11.8 Å². The number of phenols is 1. The number of nitrogens with zero attached hydrogens (tertiary/aromatic N) is 1. The number of phenolic OH excluding ortho intramolecular Hbond substituents is 1. The Hall–Kier alpha value is -3.18. The number of hydrogen-bond acceptors (Lipinski definition) is 9. The lowest BCUT2D eigenvalue weighted by molar-refractivity contribution is -0.166. The normalized spacial score (nSPS) is 31.5. The third-order valence-corrected chi connectivity index (χ3v) is 6.99. The van der Waals surface area contributed by atoms with Gasteiger partial charge in [0.15, 0.2) is 11.4 Å². The lowest BCUT2D eigenvalue weighted by Crippen LogP contribution is -2.70. The molecule has 0 saturated heterocycles. The van der Waals surface area contributed by atoms with Crippen LogP contribution < -0.4 is 5.73 Å². The average Bonchev–Trinajstić information content (AvgIpc) is 2.72. The molecule has 33 heavy (non-hydrogen) atoms. The Balaban J connectivity index is 2.10. The van der Waals surface area contributed by atoms with Crippen LogP contribution in [0.1, 0.15) is 11.1 Å². The van der Waals surface area contributed by atoms with Crippen LogP contribution in [0.15, 0.2) is 35.6 Å². The van der Waals surface area contributed by atoms with Crippen LogP contribution in [0.25, 0.3) is 11.3 Å². The summed E-state index contributed by atoms with van der Waals surface area (Å²) >= 11 is 6.25. The van der Waals surface area contributed by atoms with Crippen LogP contribution in [0.2, 0.25) is 5.02 Å². The van der Waals surface area contributed by atoms with Crippen molar-refractivity contribution in [3.63, 3.8) is 0 Å². The van der Waals surface area contributed by atoms with Crippen molar-refractivity contribution in [2.75, 3.05) is 14.1 Å². The fourth-order valence-electron chi connectivity index (χ4n) is 5.26. The number of halogens is 1. The number of rotatable bonds is 2. The van der Waals surface area contributed by atoms with Crippen molar-refractivity contribution in [1.29, 1.82) is 0 Å². The Morgan fingerprint density at radius 3 is 2.33 bits per heavy atom. The molecule has 0 bridgehead atoms. The van der Waals surface area contributed by atoms with Crippen LogP contribution in [0.5, 0.6) is 5.75 Å². The molecule has 1 saturated carbocycles. The molecule has 3 aliphatic rings. The molecule has 1 aromatic carbocycles. The van der Waals surface area contributed by atoms with Crippen molar-refractivity contribution in [2.24, 2.45) is 17.6 Å². The molecule has 0 aromatic heterocycles. The number of hydrogen-bond donors (Lipinski definition) is 6. The van der Waals surface area contributed by atoms with E-state index in [4.69, 9.17) is 17.3 Å². The zero-order chi connectivity index (χ0) is 24.7. The number of benzene rings is 1. The maximum atomic E-state index is 13.7. The van der Waals surface area contributed by atoms with Crippen LogP contribution in [-0.4, -0.2) is 79.7 Å². The monoisotopic (exact) mass is 476 g/mol. The molecule has 1 fully saturated rings. The number of likely N-dealkylation sites (N-methyl/N-ethyl adjacent to an activating group) is 1. The molecule has 0 spiro atoms. The zero-order valence-electron chi connectivity index (χ0n) is 17.5. The van der Waals surface area contributed by atoms with Gasteiger partial charge in [0.05, 0.1) is 29.2 Å². The van der Waals surface area contributed by atoms with E-state index in [1.54, 1.807) is 0 Å². The lowest BCUT2D eigenvalue weighted by atomic mass is 9.55. The first-order chi connectivity index (χ1) is 15.3. The van der Waals surface area contributed by atoms with E-state index in [2.05, 4.69) is 6.58 Å². The number of aromatic hydroxyl groups is 1. The van der Waals surface area contributed by atoms with Gasteiger partial charge in [0.1, 0.15) is 22.8 Å². The summed E-state index contributed by atoms with van der Waals surface area (Å²) in [6.07, 6.45) is -1.75. The molecular formula is C22H21ClN2O8. The highest BCUT2D eigenvalue weighted by Gasteiger charge is 2.68. The quantitative estimate of drug-likeness (QED) is 0.321. The largest absolute Gasteiger partial charge is 0.508 e. The SMILES string of the molecule is C=C1c2c(Cl)ccc(O)c2C(O)=C2C(=O)[C@]3(O)C(O)=C(C(N)=O)C(=O)[C@H](N(C)C)[C@H]3[C@@H](O)[C@@H]12. The molecule has 0 heterocycles. The summed E-state index contributed by atoms with van der Waals surface area (Å²) in [7, 11) is 2.84. The maximum absolute atomic E-state index is 13.7. The minimum Gasteiger partial charge on any atom is -0.508 e. The summed E-state index contributed by atoms with van der Waals surface area (Å²) in [5.74, 6) is -9.18. The number of carbonyl (C=O) groups is 3. The fraction of sp³-hybridized carbons (Fsp3) is 0.318. The Labute approximate surface area is 192 Å². The van der Waals surface area contributed by atoms with Gasteiger partial charge in [-0.25, -0.2) is 0 Å². The highest BCUT2D eigenvalue weighted by Crippen LogP contribution is 2.56.